The van der Waals surface area contributed by atoms with Gasteiger partial charge in [-0.05, 0) is 38.5 Å². The molecule has 0 aliphatic carbocycles. The molecule has 1 unspecified atom stereocenters. The molecular formula is C20H25F2NO4S2. The van der Waals surface area contributed by atoms with Crippen LogP contribution in [0.25, 0.3) is 0 Å². The van der Waals surface area contributed by atoms with Crippen molar-refractivity contribution >= 4 is 20.8 Å². The normalized spacial score (nSPS) is 15.1. The Morgan fingerprint density at radius 1 is 1.00 bits per heavy atom. The lowest BCUT2D eigenvalue weighted by atomic mass is 10.2. The Hall–Kier alpha value is -1.68. The Morgan fingerprint density at radius 2 is 1.52 bits per heavy atom. The molecule has 0 fully saturated rings. The predicted octanol–water partition coefficient (Wildman–Crippen LogP) is 3.69. The molecule has 2 rings (SSSR count). The molecule has 0 amide bonds. The van der Waals surface area contributed by atoms with Crippen molar-refractivity contribution < 1.29 is 26.1 Å². The van der Waals surface area contributed by atoms with Crippen molar-refractivity contribution in [2.24, 2.45) is 0 Å². The third-order valence-corrected chi connectivity index (χ3v) is 7.52. The van der Waals surface area contributed by atoms with Gasteiger partial charge >= 0.3 is 5.25 Å². The maximum Gasteiger partial charge on any atom is 0.368 e. The van der Waals surface area contributed by atoms with Crippen molar-refractivity contribution in [2.45, 2.75) is 48.3 Å². The van der Waals surface area contributed by atoms with Gasteiger partial charge in [0, 0.05) is 0 Å². The van der Waals surface area contributed by atoms with E-state index in [0.29, 0.717) is 0 Å². The van der Waals surface area contributed by atoms with Crippen molar-refractivity contribution in [2.75, 3.05) is 6.61 Å². The maximum atomic E-state index is 15.2. The number of hydrogen-bond donors (Lipinski definition) is 1. The van der Waals surface area contributed by atoms with Gasteiger partial charge in [-0.1, -0.05) is 48.5 Å². The first-order valence-corrected chi connectivity index (χ1v) is 11.6. The second-order valence-electron chi connectivity index (χ2n) is 7.43. The smallest absolute Gasteiger partial charge is 0.368 e. The summed E-state index contributed by atoms with van der Waals surface area (Å²) in [5.74, 6) is 0. The van der Waals surface area contributed by atoms with Crippen LogP contribution in [-0.4, -0.2) is 35.3 Å². The van der Waals surface area contributed by atoms with Crippen LogP contribution in [0.4, 0.5) is 8.78 Å². The number of rotatable bonds is 9. The second-order valence-corrected chi connectivity index (χ2v) is 11.5. The summed E-state index contributed by atoms with van der Waals surface area (Å²) in [6, 6.07) is 13.3. The predicted molar refractivity (Wildman–Crippen MR) is 109 cm³/mol. The summed E-state index contributed by atoms with van der Waals surface area (Å²) in [6.07, 6.45) is 0. The molecule has 2 aromatic carbocycles. The fourth-order valence-corrected chi connectivity index (χ4v) is 4.55. The van der Waals surface area contributed by atoms with Crippen LogP contribution in [0.2, 0.25) is 0 Å². The number of ether oxygens (including phenoxy) is 1. The second kappa shape index (κ2) is 9.42. The Morgan fingerprint density at radius 3 is 2.03 bits per heavy atom. The van der Waals surface area contributed by atoms with Crippen LogP contribution in [0.15, 0.2) is 65.6 Å². The van der Waals surface area contributed by atoms with Gasteiger partial charge in [0.15, 0.2) is 0 Å². The number of nitrogens with one attached hydrogen (secondary N) is 1. The van der Waals surface area contributed by atoms with Crippen molar-refractivity contribution in [3.63, 3.8) is 0 Å². The number of alkyl halides is 2. The lowest BCUT2D eigenvalue weighted by Gasteiger charge is -2.29. The maximum absolute atomic E-state index is 15.2. The molecule has 1 N–H and O–H groups in total. The molecule has 29 heavy (non-hydrogen) atoms. The van der Waals surface area contributed by atoms with Crippen LogP contribution in [0.3, 0.4) is 0 Å². The zero-order valence-corrected chi connectivity index (χ0v) is 18.1. The van der Waals surface area contributed by atoms with Crippen molar-refractivity contribution in [1.82, 2.24) is 4.72 Å². The third kappa shape index (κ3) is 5.91. The zero-order valence-electron chi connectivity index (χ0n) is 16.5. The van der Waals surface area contributed by atoms with Crippen molar-refractivity contribution in [3.8, 4) is 0 Å². The molecule has 160 valence electrons. The summed E-state index contributed by atoms with van der Waals surface area (Å²) in [6.45, 7) is 4.17. The van der Waals surface area contributed by atoms with Gasteiger partial charge in [0.1, 0.15) is 6.04 Å². The Balaban J connectivity index is 2.28. The number of halogens is 2. The molecule has 0 spiro atoms. The van der Waals surface area contributed by atoms with Crippen LogP contribution in [0.5, 0.6) is 0 Å². The lowest BCUT2D eigenvalue weighted by molar-refractivity contribution is 0.00376. The van der Waals surface area contributed by atoms with E-state index in [4.69, 9.17) is 4.74 Å². The van der Waals surface area contributed by atoms with Crippen LogP contribution < -0.4 is 4.72 Å². The molecule has 2 aromatic rings. The van der Waals surface area contributed by atoms with Gasteiger partial charge in [-0.2, -0.15) is 8.78 Å². The van der Waals surface area contributed by atoms with E-state index in [1.807, 2.05) is 0 Å². The van der Waals surface area contributed by atoms with Gasteiger partial charge in [0.2, 0.25) is 9.84 Å². The molecule has 0 bridgehead atoms. The van der Waals surface area contributed by atoms with Crippen LogP contribution in [0, 0.1) is 0 Å². The molecule has 9 heteroatoms. The quantitative estimate of drug-likeness (QED) is 0.639. The number of hydrogen-bond acceptors (Lipinski definition) is 4. The van der Waals surface area contributed by atoms with E-state index < -0.39 is 48.4 Å². The monoisotopic (exact) mass is 445 g/mol. The van der Waals surface area contributed by atoms with E-state index in [1.165, 1.54) is 18.2 Å². The number of benzene rings is 2. The van der Waals surface area contributed by atoms with Crippen molar-refractivity contribution in [3.05, 3.63) is 66.2 Å². The summed E-state index contributed by atoms with van der Waals surface area (Å²) in [7, 11) is -6.96. The molecule has 0 aromatic heterocycles. The third-order valence-electron chi connectivity index (χ3n) is 4.02. The fraction of sp³-hybridized carbons (Fsp3) is 0.400. The molecule has 0 aliphatic heterocycles. The molecule has 5 nitrogen and oxygen atoms in total. The molecular weight excluding hydrogens is 420 g/mol. The molecule has 0 aliphatic rings. The average molecular weight is 446 g/mol. The summed E-state index contributed by atoms with van der Waals surface area (Å²) in [5.41, 5.74) is 0.748. The standard InChI is InChI=1S/C20H25F2NO4S2/c1-19(2,3)28(24)23-18(15-27-14-16-10-6-4-7-11-16)20(21,22)29(25,26)17-12-8-5-9-13-17/h4-13,18,23H,14-15H2,1-3H3/t18?,28-/m0/s1. The minimum absolute atomic E-state index is 0.0165. The summed E-state index contributed by atoms with van der Waals surface area (Å²) in [4.78, 5) is -0.513. The molecule has 0 radical (unpaired) electrons. The highest BCUT2D eigenvalue weighted by atomic mass is 32.2. The Labute approximate surface area is 173 Å². The van der Waals surface area contributed by atoms with Crippen LogP contribution in [0.1, 0.15) is 26.3 Å². The van der Waals surface area contributed by atoms with E-state index in [9.17, 15) is 12.6 Å². The average Bonchev–Trinajstić information content (AvgIpc) is 2.67. The lowest BCUT2D eigenvalue weighted by Crippen LogP contribution is -2.55. The first-order valence-electron chi connectivity index (χ1n) is 8.93. The minimum atomic E-state index is -5.03. The van der Waals surface area contributed by atoms with E-state index in [2.05, 4.69) is 4.72 Å². The molecule has 0 saturated carbocycles. The van der Waals surface area contributed by atoms with Gasteiger partial charge in [-0.25, -0.2) is 17.3 Å². The van der Waals surface area contributed by atoms with Gasteiger partial charge < -0.3 is 4.74 Å². The summed E-state index contributed by atoms with van der Waals surface area (Å²) < 4.78 is 74.8. The van der Waals surface area contributed by atoms with Gasteiger partial charge in [0.05, 0.1) is 33.8 Å². The highest BCUT2D eigenvalue weighted by Crippen LogP contribution is 2.33. The molecule has 2 atom stereocenters. The minimum Gasteiger partial charge on any atom is -0.375 e. The number of sulfone groups is 1. The fourth-order valence-electron chi connectivity index (χ4n) is 2.32. The van der Waals surface area contributed by atoms with Crippen LogP contribution >= 0.6 is 0 Å². The van der Waals surface area contributed by atoms with Gasteiger partial charge in [0.25, 0.3) is 0 Å². The summed E-state index contributed by atoms with van der Waals surface area (Å²) >= 11 is 0. The SMILES string of the molecule is CC(C)(C)[S@](=O)NC(COCc1ccccc1)C(F)(F)S(=O)(=O)c1ccccc1. The molecule has 0 saturated heterocycles. The van der Waals surface area contributed by atoms with Gasteiger partial charge in [-0.15, -0.1) is 0 Å². The Kier molecular flexibility index (Phi) is 7.67. The highest BCUT2D eigenvalue weighted by molar-refractivity contribution is 7.92. The Bertz CT molecular complexity index is 915. The first-order chi connectivity index (χ1) is 13.5. The van der Waals surface area contributed by atoms with E-state index in [1.54, 1.807) is 51.1 Å². The van der Waals surface area contributed by atoms with Crippen molar-refractivity contribution in [1.29, 1.82) is 0 Å². The van der Waals surface area contributed by atoms with Crippen LogP contribution in [-0.2, 0) is 32.2 Å². The first kappa shape index (κ1) is 23.6. The largest absolute Gasteiger partial charge is 0.375 e. The van der Waals surface area contributed by atoms with E-state index in [0.717, 1.165) is 17.7 Å². The zero-order chi connectivity index (χ0) is 21.7. The highest BCUT2D eigenvalue weighted by Gasteiger charge is 2.54. The topological polar surface area (TPSA) is 72.5 Å². The van der Waals surface area contributed by atoms with Gasteiger partial charge in [-0.3, -0.25) is 0 Å². The van der Waals surface area contributed by atoms with E-state index >= 15 is 8.78 Å². The molecule has 0 heterocycles. The summed E-state index contributed by atoms with van der Waals surface area (Å²) in [5, 5.41) is -4.24. The van der Waals surface area contributed by atoms with E-state index in [-0.39, 0.29) is 6.61 Å².